The summed E-state index contributed by atoms with van der Waals surface area (Å²) in [6.45, 7) is 1.53. The molecule has 0 aliphatic rings. The van der Waals surface area contributed by atoms with E-state index in [1.807, 2.05) is 0 Å². The third-order valence-corrected chi connectivity index (χ3v) is 3.42. The van der Waals surface area contributed by atoms with Crippen LogP contribution in [0.25, 0.3) is 11.0 Å². The fraction of sp³-hybridized carbons (Fsp3) is 0.125. The Morgan fingerprint density at radius 1 is 1.00 bits per heavy atom. The number of hydrogen-bond donors (Lipinski definition) is 1. The first kappa shape index (κ1) is 13.7. The lowest BCUT2D eigenvalue weighted by Crippen LogP contribution is -2.13. The number of nitrogens with two attached hydrogens (primary N) is 1. The van der Waals surface area contributed by atoms with E-state index in [0.717, 1.165) is 6.07 Å². The van der Waals surface area contributed by atoms with Gasteiger partial charge in [-0.3, -0.25) is 0 Å². The number of hydrogen-bond acceptors (Lipinski definition) is 2. The van der Waals surface area contributed by atoms with Crippen molar-refractivity contribution in [3.63, 3.8) is 0 Å². The quantitative estimate of drug-likeness (QED) is 0.768. The van der Waals surface area contributed by atoms with E-state index in [4.69, 9.17) is 10.2 Å². The maximum Gasteiger partial charge on any atom is 0.134 e. The maximum absolute atomic E-state index is 13.9. The topological polar surface area (TPSA) is 39.2 Å². The molecule has 0 saturated carbocycles. The van der Waals surface area contributed by atoms with E-state index in [1.54, 1.807) is 6.07 Å². The first-order valence-electron chi connectivity index (χ1n) is 6.36. The molecule has 5 heteroatoms. The lowest BCUT2D eigenvalue weighted by atomic mass is 10.0. The number of furan rings is 1. The summed E-state index contributed by atoms with van der Waals surface area (Å²) in [7, 11) is 0. The smallest absolute Gasteiger partial charge is 0.134 e. The zero-order valence-electron chi connectivity index (χ0n) is 11.2. The van der Waals surface area contributed by atoms with Crippen molar-refractivity contribution in [1.29, 1.82) is 0 Å². The molecule has 0 saturated heterocycles. The van der Waals surface area contributed by atoms with Crippen molar-refractivity contribution in [2.45, 2.75) is 13.0 Å². The molecule has 108 valence electrons. The zero-order valence-corrected chi connectivity index (χ0v) is 11.2. The molecule has 3 aromatic rings. The monoisotopic (exact) mass is 291 g/mol. The molecule has 1 aromatic heterocycles. The van der Waals surface area contributed by atoms with Crippen LogP contribution in [0.5, 0.6) is 0 Å². The van der Waals surface area contributed by atoms with Gasteiger partial charge >= 0.3 is 0 Å². The molecule has 0 fully saturated rings. The Balaban J connectivity index is 2.07. The van der Waals surface area contributed by atoms with Crippen LogP contribution in [-0.2, 0) is 0 Å². The SMILES string of the molecule is Cc1cc(C(N)c2cc3cc(F)ccc3o2)c(F)cc1F. The van der Waals surface area contributed by atoms with Crippen molar-refractivity contribution in [3.05, 3.63) is 70.7 Å². The van der Waals surface area contributed by atoms with Crippen molar-refractivity contribution < 1.29 is 17.6 Å². The van der Waals surface area contributed by atoms with Gasteiger partial charge < -0.3 is 10.2 Å². The molecule has 2 aromatic carbocycles. The predicted octanol–water partition coefficient (Wildman–Crippen LogP) is 4.21. The summed E-state index contributed by atoms with van der Waals surface area (Å²) in [5, 5.41) is 0.541. The van der Waals surface area contributed by atoms with Crippen LogP contribution >= 0.6 is 0 Å². The lowest BCUT2D eigenvalue weighted by Gasteiger charge is -2.11. The van der Waals surface area contributed by atoms with Gasteiger partial charge in [0.15, 0.2) is 0 Å². The van der Waals surface area contributed by atoms with Crippen LogP contribution in [0, 0.1) is 24.4 Å². The van der Waals surface area contributed by atoms with Crippen LogP contribution in [-0.4, -0.2) is 0 Å². The Bertz CT molecular complexity index is 826. The summed E-state index contributed by atoms with van der Waals surface area (Å²) in [6.07, 6.45) is 0. The van der Waals surface area contributed by atoms with E-state index in [-0.39, 0.29) is 5.56 Å². The van der Waals surface area contributed by atoms with Gasteiger partial charge in [0, 0.05) is 17.0 Å². The van der Waals surface area contributed by atoms with Gasteiger partial charge in [-0.2, -0.15) is 0 Å². The molecule has 2 N–H and O–H groups in total. The Kier molecular flexibility index (Phi) is 3.22. The minimum atomic E-state index is -0.889. The van der Waals surface area contributed by atoms with E-state index in [0.29, 0.717) is 22.3 Å². The maximum atomic E-state index is 13.9. The fourth-order valence-corrected chi connectivity index (χ4v) is 2.26. The van der Waals surface area contributed by atoms with Gasteiger partial charge in [0.25, 0.3) is 0 Å². The second-order valence-corrected chi connectivity index (χ2v) is 4.93. The first-order valence-corrected chi connectivity index (χ1v) is 6.36. The van der Waals surface area contributed by atoms with Crippen molar-refractivity contribution in [3.8, 4) is 0 Å². The summed E-state index contributed by atoms with van der Waals surface area (Å²) in [4.78, 5) is 0. The number of rotatable bonds is 2. The van der Waals surface area contributed by atoms with Gasteiger partial charge in [0.1, 0.15) is 28.8 Å². The third kappa shape index (κ3) is 2.40. The molecule has 0 aliphatic heterocycles. The highest BCUT2D eigenvalue weighted by atomic mass is 19.1. The number of fused-ring (bicyclic) bond motifs is 1. The molecule has 0 radical (unpaired) electrons. The van der Waals surface area contributed by atoms with Gasteiger partial charge in [-0.05, 0) is 42.8 Å². The third-order valence-electron chi connectivity index (χ3n) is 3.42. The van der Waals surface area contributed by atoms with E-state index in [1.165, 1.54) is 31.2 Å². The molecule has 0 amide bonds. The van der Waals surface area contributed by atoms with E-state index in [2.05, 4.69) is 0 Å². The molecule has 1 atom stereocenters. The van der Waals surface area contributed by atoms with Crippen LogP contribution < -0.4 is 5.73 Å². The Labute approximate surface area is 119 Å². The summed E-state index contributed by atoms with van der Waals surface area (Å²) < 4.78 is 45.8. The highest BCUT2D eigenvalue weighted by Crippen LogP contribution is 2.29. The van der Waals surface area contributed by atoms with Crippen molar-refractivity contribution in [2.75, 3.05) is 0 Å². The van der Waals surface area contributed by atoms with Crippen molar-refractivity contribution >= 4 is 11.0 Å². The molecule has 3 rings (SSSR count). The second kappa shape index (κ2) is 4.93. The number of aryl methyl sites for hydroxylation is 1. The Morgan fingerprint density at radius 2 is 1.76 bits per heavy atom. The number of halogens is 3. The molecular weight excluding hydrogens is 279 g/mol. The van der Waals surface area contributed by atoms with Gasteiger partial charge in [0.2, 0.25) is 0 Å². The van der Waals surface area contributed by atoms with Gasteiger partial charge in [-0.1, -0.05) is 0 Å². The fourth-order valence-electron chi connectivity index (χ4n) is 2.26. The van der Waals surface area contributed by atoms with Crippen LogP contribution in [0.4, 0.5) is 13.2 Å². The van der Waals surface area contributed by atoms with Crippen LogP contribution in [0.3, 0.4) is 0 Å². The predicted molar refractivity (Wildman–Crippen MR) is 73.3 cm³/mol. The molecule has 0 spiro atoms. The zero-order chi connectivity index (χ0) is 15.1. The average Bonchev–Trinajstić information content (AvgIpc) is 2.85. The van der Waals surface area contributed by atoms with E-state index in [9.17, 15) is 13.2 Å². The summed E-state index contributed by atoms with van der Waals surface area (Å²) in [6, 6.07) is 6.87. The highest BCUT2D eigenvalue weighted by molar-refractivity contribution is 5.78. The molecule has 1 unspecified atom stereocenters. The second-order valence-electron chi connectivity index (χ2n) is 4.93. The van der Waals surface area contributed by atoms with Crippen molar-refractivity contribution in [1.82, 2.24) is 0 Å². The summed E-state index contributed by atoms with van der Waals surface area (Å²) in [5.74, 6) is -1.47. The van der Waals surface area contributed by atoms with E-state index < -0.39 is 23.5 Å². The van der Waals surface area contributed by atoms with Crippen LogP contribution in [0.15, 0.2) is 40.8 Å². The molecule has 2 nitrogen and oxygen atoms in total. The van der Waals surface area contributed by atoms with E-state index >= 15 is 0 Å². The number of benzene rings is 2. The molecule has 0 aliphatic carbocycles. The first-order chi connectivity index (χ1) is 9.95. The summed E-state index contributed by atoms with van der Waals surface area (Å²) in [5.41, 5.74) is 6.88. The molecule has 21 heavy (non-hydrogen) atoms. The Hall–Kier alpha value is -2.27. The van der Waals surface area contributed by atoms with Crippen LogP contribution in [0.2, 0.25) is 0 Å². The van der Waals surface area contributed by atoms with Gasteiger partial charge in [-0.15, -0.1) is 0 Å². The average molecular weight is 291 g/mol. The lowest BCUT2D eigenvalue weighted by molar-refractivity contribution is 0.504. The normalized spacial score (nSPS) is 12.8. The van der Waals surface area contributed by atoms with Gasteiger partial charge in [-0.25, -0.2) is 13.2 Å². The summed E-state index contributed by atoms with van der Waals surface area (Å²) >= 11 is 0. The molecule has 1 heterocycles. The standard InChI is InChI=1S/C16H12F3NO/c1-8-4-11(13(19)7-12(8)18)16(20)15-6-9-5-10(17)2-3-14(9)21-15/h2-7,16H,20H2,1H3. The van der Waals surface area contributed by atoms with Crippen LogP contribution in [0.1, 0.15) is 22.9 Å². The molecule has 0 bridgehead atoms. The minimum absolute atomic E-state index is 0.133. The Morgan fingerprint density at radius 3 is 2.52 bits per heavy atom. The van der Waals surface area contributed by atoms with Crippen molar-refractivity contribution in [2.24, 2.45) is 5.73 Å². The molecular formula is C16H12F3NO. The van der Waals surface area contributed by atoms with Gasteiger partial charge in [0.05, 0.1) is 6.04 Å². The minimum Gasteiger partial charge on any atom is -0.459 e. The largest absolute Gasteiger partial charge is 0.459 e. The highest BCUT2D eigenvalue weighted by Gasteiger charge is 2.19.